The molecule has 0 unspecified atom stereocenters. The number of nitrogens with zero attached hydrogens (tertiary/aromatic N) is 6. The molecule has 3 rings (SSSR count). The highest BCUT2D eigenvalue weighted by Gasteiger charge is 2.36. The minimum Gasteiger partial charge on any atom is -0.504 e. The van der Waals surface area contributed by atoms with Crippen molar-refractivity contribution in [2.45, 2.75) is 6.18 Å². The van der Waals surface area contributed by atoms with E-state index in [1.165, 1.54) is 6.07 Å². The maximum Gasteiger partial charge on any atom is 0.435 e. The fraction of sp³-hybridized carbons (Fsp3) is 0.0769. The number of alkyl halides is 3. The molecule has 0 atom stereocenters. The molecule has 10 nitrogen and oxygen atoms in total. The lowest BCUT2D eigenvalue weighted by Gasteiger charge is -2.09. The van der Waals surface area contributed by atoms with Crippen LogP contribution in [-0.2, 0) is 6.18 Å². The lowest BCUT2D eigenvalue weighted by molar-refractivity contribution is -0.385. The molecule has 2 aromatic heterocycles. The molecule has 0 bridgehead atoms. The predicted molar refractivity (Wildman–Crippen MR) is 77.4 cm³/mol. The molecule has 0 saturated carbocycles. The van der Waals surface area contributed by atoms with Gasteiger partial charge in [0, 0.05) is 17.8 Å². The summed E-state index contributed by atoms with van der Waals surface area (Å²) in [6.45, 7) is 0. The Balaban J connectivity index is 2.09. The summed E-state index contributed by atoms with van der Waals surface area (Å²) in [4.78, 5) is 13.7. The number of aromatic nitrogens is 5. The molecule has 26 heavy (non-hydrogen) atoms. The number of hydrogen-bond donors (Lipinski definition) is 2. The number of phenols is 2. The van der Waals surface area contributed by atoms with Gasteiger partial charge in [-0.3, -0.25) is 10.1 Å². The van der Waals surface area contributed by atoms with E-state index in [0.717, 1.165) is 24.4 Å². The lowest BCUT2D eigenvalue weighted by Crippen LogP contribution is -2.14. The smallest absolute Gasteiger partial charge is 0.435 e. The number of tetrazole rings is 1. The molecule has 0 spiro atoms. The molecule has 2 N–H and O–H groups in total. The molecule has 0 fully saturated rings. The second-order valence-electron chi connectivity index (χ2n) is 4.89. The summed E-state index contributed by atoms with van der Waals surface area (Å²) in [5, 5.41) is 40.7. The zero-order valence-electron chi connectivity index (χ0n) is 12.4. The maximum absolute atomic E-state index is 13.0. The number of hydrogen-bond acceptors (Lipinski definition) is 8. The Morgan fingerprint density at radius 2 is 1.96 bits per heavy atom. The minimum absolute atomic E-state index is 0.129. The van der Waals surface area contributed by atoms with Gasteiger partial charge < -0.3 is 10.2 Å². The van der Waals surface area contributed by atoms with Crippen LogP contribution in [0.1, 0.15) is 5.69 Å². The number of pyridine rings is 1. The zero-order valence-corrected chi connectivity index (χ0v) is 12.4. The summed E-state index contributed by atoms with van der Waals surface area (Å²) in [6, 6.07) is 4.07. The Bertz CT molecular complexity index is 1000. The van der Waals surface area contributed by atoms with Crippen molar-refractivity contribution in [3.05, 3.63) is 46.3 Å². The standard InChI is InChI=1S/C13H7F3N6O4/c14-13(15,16)11-7(2-1-3-17-11)21-19-12(18-20-21)6-4-8(22(25)26)10(24)9(23)5-6/h1-5,23-24H. The Morgan fingerprint density at radius 3 is 2.62 bits per heavy atom. The molecule has 0 saturated heterocycles. The average Bonchev–Trinajstić information content (AvgIpc) is 3.06. The van der Waals surface area contributed by atoms with Gasteiger partial charge in [0.15, 0.2) is 11.4 Å². The number of halogens is 3. The van der Waals surface area contributed by atoms with Gasteiger partial charge in [-0.1, -0.05) is 0 Å². The summed E-state index contributed by atoms with van der Waals surface area (Å²) in [5.74, 6) is -2.08. The SMILES string of the molecule is O=[N+]([O-])c1cc(-c2nnn(-c3cccnc3C(F)(F)F)n2)cc(O)c1O. The second kappa shape index (κ2) is 5.94. The first-order valence-electron chi connectivity index (χ1n) is 6.72. The molecule has 0 amide bonds. The van der Waals surface area contributed by atoms with E-state index in [4.69, 9.17) is 0 Å². The van der Waals surface area contributed by atoms with Crippen LogP contribution in [-0.4, -0.2) is 40.3 Å². The van der Waals surface area contributed by atoms with Gasteiger partial charge in [-0.05, 0) is 23.4 Å². The van der Waals surface area contributed by atoms with Crippen molar-refractivity contribution < 1.29 is 28.3 Å². The summed E-state index contributed by atoms with van der Waals surface area (Å²) in [7, 11) is 0. The summed E-state index contributed by atoms with van der Waals surface area (Å²) in [5.41, 5.74) is -2.70. The van der Waals surface area contributed by atoms with Crippen LogP contribution in [0, 0.1) is 10.1 Å². The quantitative estimate of drug-likeness (QED) is 0.407. The van der Waals surface area contributed by atoms with Gasteiger partial charge in [0.1, 0.15) is 5.69 Å². The van der Waals surface area contributed by atoms with Crippen molar-refractivity contribution in [1.82, 2.24) is 25.2 Å². The molecular formula is C13H7F3N6O4. The van der Waals surface area contributed by atoms with Crippen molar-refractivity contribution in [3.63, 3.8) is 0 Å². The van der Waals surface area contributed by atoms with Gasteiger partial charge >= 0.3 is 11.9 Å². The first kappa shape index (κ1) is 17.1. The molecule has 13 heteroatoms. The van der Waals surface area contributed by atoms with E-state index < -0.39 is 39.7 Å². The molecule has 0 aliphatic heterocycles. The second-order valence-corrected chi connectivity index (χ2v) is 4.89. The largest absolute Gasteiger partial charge is 0.504 e. The fourth-order valence-corrected chi connectivity index (χ4v) is 2.08. The highest BCUT2D eigenvalue weighted by Crippen LogP contribution is 2.38. The molecule has 0 aliphatic carbocycles. The number of benzene rings is 1. The number of phenolic OH excluding ortho intramolecular Hbond substituents is 2. The Kier molecular flexibility index (Phi) is 3.90. The number of nitro benzene ring substituents is 1. The van der Waals surface area contributed by atoms with Crippen LogP contribution in [0.25, 0.3) is 17.1 Å². The summed E-state index contributed by atoms with van der Waals surface area (Å²) >= 11 is 0. The first-order chi connectivity index (χ1) is 12.2. The first-order valence-corrected chi connectivity index (χ1v) is 6.72. The van der Waals surface area contributed by atoms with Crippen LogP contribution in [0.3, 0.4) is 0 Å². The van der Waals surface area contributed by atoms with Gasteiger partial charge in [0.05, 0.1) is 4.92 Å². The molecular weight excluding hydrogens is 361 g/mol. The molecule has 3 aromatic rings. The van der Waals surface area contributed by atoms with Gasteiger partial charge in [0.2, 0.25) is 11.6 Å². The Labute approximate surface area is 141 Å². The van der Waals surface area contributed by atoms with E-state index in [2.05, 4.69) is 20.4 Å². The zero-order chi connectivity index (χ0) is 19.1. The van der Waals surface area contributed by atoms with E-state index in [1.54, 1.807) is 0 Å². The predicted octanol–water partition coefficient (Wildman–Crippen LogP) is 2.06. The van der Waals surface area contributed by atoms with Crippen molar-refractivity contribution in [2.24, 2.45) is 0 Å². The van der Waals surface area contributed by atoms with Crippen LogP contribution in [0.15, 0.2) is 30.5 Å². The van der Waals surface area contributed by atoms with E-state index in [9.17, 15) is 33.5 Å². The lowest BCUT2D eigenvalue weighted by atomic mass is 10.1. The van der Waals surface area contributed by atoms with Crippen LogP contribution in [0.2, 0.25) is 0 Å². The van der Waals surface area contributed by atoms with Crippen LogP contribution in [0.5, 0.6) is 11.5 Å². The number of aromatic hydroxyl groups is 2. The van der Waals surface area contributed by atoms with Crippen molar-refractivity contribution in [2.75, 3.05) is 0 Å². The maximum atomic E-state index is 13.0. The van der Waals surface area contributed by atoms with Gasteiger partial charge in [0.25, 0.3) is 0 Å². The third-order valence-corrected chi connectivity index (χ3v) is 3.21. The molecule has 0 aliphatic rings. The van der Waals surface area contributed by atoms with E-state index in [0.29, 0.717) is 4.80 Å². The van der Waals surface area contributed by atoms with E-state index >= 15 is 0 Å². The number of rotatable bonds is 3. The summed E-state index contributed by atoms with van der Waals surface area (Å²) in [6.07, 6.45) is -3.81. The van der Waals surface area contributed by atoms with Crippen molar-refractivity contribution in [3.8, 4) is 28.6 Å². The topological polar surface area (TPSA) is 140 Å². The number of nitro groups is 1. The molecule has 134 valence electrons. The van der Waals surface area contributed by atoms with Gasteiger partial charge in [-0.2, -0.15) is 13.2 Å². The molecule has 0 radical (unpaired) electrons. The highest BCUT2D eigenvalue weighted by atomic mass is 19.4. The van der Waals surface area contributed by atoms with Gasteiger partial charge in [-0.15, -0.1) is 15.0 Å². The van der Waals surface area contributed by atoms with E-state index in [-0.39, 0.29) is 11.4 Å². The normalized spacial score (nSPS) is 11.5. The van der Waals surface area contributed by atoms with Gasteiger partial charge in [-0.25, -0.2) is 4.98 Å². The molecule has 2 heterocycles. The summed E-state index contributed by atoms with van der Waals surface area (Å²) < 4.78 is 39.0. The van der Waals surface area contributed by atoms with Crippen LogP contribution in [0.4, 0.5) is 18.9 Å². The third-order valence-electron chi connectivity index (χ3n) is 3.21. The monoisotopic (exact) mass is 368 g/mol. The minimum atomic E-state index is -4.76. The van der Waals surface area contributed by atoms with Crippen molar-refractivity contribution in [1.29, 1.82) is 0 Å². The van der Waals surface area contributed by atoms with Crippen LogP contribution < -0.4 is 0 Å². The Morgan fingerprint density at radius 1 is 1.23 bits per heavy atom. The van der Waals surface area contributed by atoms with E-state index in [1.807, 2.05) is 0 Å². The molecule has 1 aromatic carbocycles. The highest BCUT2D eigenvalue weighted by molar-refractivity contribution is 5.68. The fourth-order valence-electron chi connectivity index (χ4n) is 2.08. The third kappa shape index (κ3) is 2.97. The van der Waals surface area contributed by atoms with Crippen molar-refractivity contribution >= 4 is 5.69 Å². The Hall–Kier alpha value is -3.77. The average molecular weight is 368 g/mol. The van der Waals surface area contributed by atoms with Crippen LogP contribution >= 0.6 is 0 Å².